The van der Waals surface area contributed by atoms with Gasteiger partial charge in [-0.1, -0.05) is 0 Å². The standard InChI is InChI=1S/C22H21FN6O2/c1-13-3-7-18(29-24-9-10-25-29)20(26-13)22(30)28-12-15(5-4-14(28)2)21-27-17-11-16(23)6-8-19(17)31-21/h3,6-11,14-15H,4-5,12H2,1-2H3/t14-,15-/m1/s1. The summed E-state index contributed by atoms with van der Waals surface area (Å²) in [6.07, 6.45) is 4.74. The van der Waals surface area contributed by atoms with Gasteiger partial charge < -0.3 is 9.32 Å². The van der Waals surface area contributed by atoms with E-state index in [4.69, 9.17) is 4.42 Å². The topological polar surface area (TPSA) is 89.9 Å². The van der Waals surface area contributed by atoms with Crippen LogP contribution in [-0.4, -0.2) is 48.4 Å². The van der Waals surface area contributed by atoms with Crippen LogP contribution in [0.15, 0.2) is 47.1 Å². The predicted molar refractivity (Wildman–Crippen MR) is 110 cm³/mol. The molecule has 0 radical (unpaired) electrons. The van der Waals surface area contributed by atoms with Gasteiger partial charge in [0.15, 0.2) is 17.2 Å². The normalized spacial score (nSPS) is 19.1. The molecule has 2 atom stereocenters. The van der Waals surface area contributed by atoms with E-state index in [1.807, 2.05) is 19.9 Å². The Balaban J connectivity index is 1.47. The minimum atomic E-state index is -0.355. The highest BCUT2D eigenvalue weighted by Crippen LogP contribution is 2.32. The van der Waals surface area contributed by atoms with Crippen molar-refractivity contribution in [2.75, 3.05) is 6.54 Å². The molecule has 1 fully saturated rings. The second-order valence-corrected chi connectivity index (χ2v) is 7.88. The number of oxazole rings is 1. The molecule has 0 unspecified atom stereocenters. The van der Waals surface area contributed by atoms with E-state index in [0.717, 1.165) is 18.5 Å². The van der Waals surface area contributed by atoms with Gasteiger partial charge in [0, 0.05) is 24.3 Å². The second kappa shape index (κ2) is 7.57. The largest absolute Gasteiger partial charge is 0.440 e. The third-order valence-electron chi connectivity index (χ3n) is 5.71. The quantitative estimate of drug-likeness (QED) is 0.502. The molecular formula is C22H21FN6O2. The van der Waals surface area contributed by atoms with Crippen LogP contribution in [-0.2, 0) is 0 Å². The average Bonchev–Trinajstić information content (AvgIpc) is 3.43. The zero-order valence-electron chi connectivity index (χ0n) is 17.2. The van der Waals surface area contributed by atoms with Crippen molar-refractivity contribution in [3.05, 3.63) is 65.8 Å². The fourth-order valence-electron chi connectivity index (χ4n) is 4.03. The number of aromatic nitrogens is 5. The monoisotopic (exact) mass is 420 g/mol. The fourth-order valence-corrected chi connectivity index (χ4v) is 4.03. The van der Waals surface area contributed by atoms with Crippen molar-refractivity contribution >= 4 is 17.0 Å². The Morgan fingerprint density at radius 1 is 1.13 bits per heavy atom. The van der Waals surface area contributed by atoms with Crippen molar-refractivity contribution in [2.24, 2.45) is 0 Å². The summed E-state index contributed by atoms with van der Waals surface area (Å²) in [6, 6.07) is 7.95. The van der Waals surface area contributed by atoms with Crippen molar-refractivity contribution in [3.8, 4) is 5.69 Å². The van der Waals surface area contributed by atoms with Gasteiger partial charge in [0.25, 0.3) is 5.91 Å². The molecule has 9 heteroatoms. The number of hydrogen-bond donors (Lipinski definition) is 0. The third kappa shape index (κ3) is 3.56. The average molecular weight is 420 g/mol. The Hall–Kier alpha value is -3.62. The lowest BCUT2D eigenvalue weighted by molar-refractivity contribution is 0.0591. The van der Waals surface area contributed by atoms with Crippen LogP contribution in [0.2, 0.25) is 0 Å². The van der Waals surface area contributed by atoms with Gasteiger partial charge in [-0.3, -0.25) is 4.79 Å². The van der Waals surface area contributed by atoms with Crippen LogP contribution >= 0.6 is 0 Å². The van der Waals surface area contributed by atoms with Crippen LogP contribution in [0.25, 0.3) is 16.8 Å². The number of likely N-dealkylation sites (tertiary alicyclic amines) is 1. The molecule has 5 rings (SSSR count). The van der Waals surface area contributed by atoms with E-state index in [9.17, 15) is 9.18 Å². The number of carbonyl (C=O) groups excluding carboxylic acids is 1. The number of piperidine rings is 1. The molecule has 1 aliphatic heterocycles. The van der Waals surface area contributed by atoms with Gasteiger partial charge in [-0.2, -0.15) is 10.2 Å². The van der Waals surface area contributed by atoms with Gasteiger partial charge in [-0.05, 0) is 51.0 Å². The summed E-state index contributed by atoms with van der Waals surface area (Å²) in [5.74, 6) is -0.0924. The van der Waals surface area contributed by atoms with Gasteiger partial charge in [-0.15, -0.1) is 4.80 Å². The Morgan fingerprint density at radius 3 is 2.74 bits per heavy atom. The maximum Gasteiger partial charge on any atom is 0.275 e. The van der Waals surface area contributed by atoms with E-state index >= 15 is 0 Å². The molecule has 0 N–H and O–H groups in total. The molecule has 1 amide bonds. The zero-order valence-corrected chi connectivity index (χ0v) is 17.2. The van der Waals surface area contributed by atoms with E-state index in [0.29, 0.717) is 34.9 Å². The molecule has 0 saturated carbocycles. The Bertz CT molecular complexity index is 1250. The maximum atomic E-state index is 13.6. The molecule has 4 heterocycles. The Labute approximate surface area is 177 Å². The van der Waals surface area contributed by atoms with Crippen LogP contribution in [0.1, 0.15) is 47.8 Å². The highest BCUT2D eigenvalue weighted by atomic mass is 19.1. The van der Waals surface area contributed by atoms with Crippen molar-refractivity contribution < 1.29 is 13.6 Å². The molecule has 0 spiro atoms. The Morgan fingerprint density at radius 2 is 1.94 bits per heavy atom. The van der Waals surface area contributed by atoms with Crippen LogP contribution < -0.4 is 0 Å². The lowest BCUT2D eigenvalue weighted by Crippen LogP contribution is -2.45. The van der Waals surface area contributed by atoms with E-state index in [-0.39, 0.29) is 23.7 Å². The van der Waals surface area contributed by atoms with Crippen LogP contribution in [0.5, 0.6) is 0 Å². The van der Waals surface area contributed by atoms with Crippen LogP contribution in [0.4, 0.5) is 4.39 Å². The molecule has 3 aromatic heterocycles. The summed E-state index contributed by atoms with van der Waals surface area (Å²) in [5.41, 5.74) is 2.61. The van der Waals surface area contributed by atoms with Gasteiger partial charge in [0.2, 0.25) is 0 Å². The minimum Gasteiger partial charge on any atom is -0.440 e. The van der Waals surface area contributed by atoms with Crippen LogP contribution in [0.3, 0.4) is 0 Å². The second-order valence-electron chi connectivity index (χ2n) is 7.88. The first-order chi connectivity index (χ1) is 15.0. The summed E-state index contributed by atoms with van der Waals surface area (Å²) in [4.78, 5) is 25.8. The first-order valence-corrected chi connectivity index (χ1v) is 10.2. The number of amides is 1. The number of carbonyl (C=O) groups is 1. The first-order valence-electron chi connectivity index (χ1n) is 10.2. The summed E-state index contributed by atoms with van der Waals surface area (Å²) >= 11 is 0. The number of nitrogens with zero attached hydrogens (tertiary/aromatic N) is 6. The summed E-state index contributed by atoms with van der Waals surface area (Å²) in [5, 5.41) is 8.31. The molecule has 1 aliphatic rings. The van der Waals surface area contributed by atoms with Crippen molar-refractivity contribution in [2.45, 2.75) is 38.6 Å². The van der Waals surface area contributed by atoms with Gasteiger partial charge in [-0.25, -0.2) is 14.4 Å². The van der Waals surface area contributed by atoms with E-state index in [2.05, 4.69) is 20.2 Å². The number of pyridine rings is 1. The molecule has 0 bridgehead atoms. The fraction of sp³-hybridized carbons (Fsp3) is 0.318. The van der Waals surface area contributed by atoms with Crippen molar-refractivity contribution in [3.63, 3.8) is 0 Å². The van der Waals surface area contributed by atoms with Crippen LogP contribution in [0, 0.1) is 12.7 Å². The van der Waals surface area contributed by atoms with E-state index < -0.39 is 0 Å². The van der Waals surface area contributed by atoms with Gasteiger partial charge in [0.1, 0.15) is 17.0 Å². The molecule has 158 valence electrons. The first kappa shape index (κ1) is 19.3. The lowest BCUT2D eigenvalue weighted by atomic mass is 9.93. The number of rotatable bonds is 3. The van der Waals surface area contributed by atoms with E-state index in [1.165, 1.54) is 16.9 Å². The number of hydrogen-bond acceptors (Lipinski definition) is 6. The van der Waals surface area contributed by atoms with Crippen molar-refractivity contribution in [1.82, 2.24) is 29.9 Å². The number of fused-ring (bicyclic) bond motifs is 1. The predicted octanol–water partition coefficient (Wildman–Crippen LogP) is 3.66. The van der Waals surface area contributed by atoms with Crippen molar-refractivity contribution in [1.29, 1.82) is 0 Å². The summed E-state index contributed by atoms with van der Waals surface area (Å²) in [6.45, 7) is 4.31. The summed E-state index contributed by atoms with van der Waals surface area (Å²) in [7, 11) is 0. The number of aryl methyl sites for hydroxylation is 1. The van der Waals surface area contributed by atoms with Gasteiger partial charge >= 0.3 is 0 Å². The number of halogens is 1. The Kier molecular flexibility index (Phi) is 4.72. The third-order valence-corrected chi connectivity index (χ3v) is 5.71. The van der Waals surface area contributed by atoms with Gasteiger partial charge in [0.05, 0.1) is 18.3 Å². The molecular weight excluding hydrogens is 399 g/mol. The maximum absolute atomic E-state index is 13.6. The molecule has 8 nitrogen and oxygen atoms in total. The smallest absolute Gasteiger partial charge is 0.275 e. The highest BCUT2D eigenvalue weighted by molar-refractivity contribution is 5.96. The molecule has 1 saturated heterocycles. The molecule has 31 heavy (non-hydrogen) atoms. The number of benzene rings is 1. The van der Waals surface area contributed by atoms with E-state index in [1.54, 1.807) is 29.4 Å². The molecule has 0 aliphatic carbocycles. The molecule has 4 aromatic rings. The minimum absolute atomic E-state index is 0.0336. The zero-order chi connectivity index (χ0) is 21.5. The molecule has 1 aromatic carbocycles. The SMILES string of the molecule is Cc1ccc(-n2nccn2)c(C(=O)N2C[C@H](c3nc4cc(F)ccc4o3)CC[C@H]2C)n1. The highest BCUT2D eigenvalue weighted by Gasteiger charge is 2.34. The summed E-state index contributed by atoms with van der Waals surface area (Å²) < 4.78 is 19.4. The lowest BCUT2D eigenvalue weighted by Gasteiger charge is -2.37.